The Morgan fingerprint density at radius 3 is 2.25 bits per heavy atom. The number of aliphatic hydroxyl groups is 1. The van der Waals surface area contributed by atoms with Crippen molar-refractivity contribution in [3.8, 4) is 0 Å². The zero-order chi connectivity index (χ0) is 8.69. The Morgan fingerprint density at radius 2 is 1.83 bits per heavy atom. The number of rotatable bonds is 6. The molecule has 0 aliphatic carbocycles. The lowest BCUT2D eigenvalue weighted by Gasteiger charge is -2.15. The number of halogens is 1. The van der Waals surface area contributed by atoms with Crippen LogP contribution in [0.15, 0.2) is 0 Å². The second kappa shape index (κ2) is 9.30. The van der Waals surface area contributed by atoms with E-state index in [9.17, 15) is 5.11 Å². The average Bonchev–Trinajstić information content (AvgIpc) is 1.86. The molecule has 0 saturated heterocycles. The van der Waals surface area contributed by atoms with Crippen molar-refractivity contribution in [2.75, 3.05) is 20.6 Å². The maximum atomic E-state index is 9.40. The van der Waals surface area contributed by atoms with E-state index in [-0.39, 0.29) is 18.5 Å². The van der Waals surface area contributed by atoms with Gasteiger partial charge in [-0.2, -0.15) is 0 Å². The molecule has 0 bridgehead atoms. The van der Waals surface area contributed by atoms with Gasteiger partial charge in [0.15, 0.2) is 0 Å². The smallest absolute Gasteiger partial charge is 0.0666 e. The van der Waals surface area contributed by atoms with Crippen LogP contribution in [0.1, 0.15) is 32.6 Å². The maximum Gasteiger partial charge on any atom is 0.0666 e. The Bertz CT molecular complexity index is 88.6. The van der Waals surface area contributed by atoms with Crippen molar-refractivity contribution in [1.82, 2.24) is 4.90 Å². The Labute approximate surface area is 82.4 Å². The number of aliphatic hydroxyl groups excluding tert-OH is 1. The summed E-state index contributed by atoms with van der Waals surface area (Å²) in [4.78, 5) is 2.02. The summed E-state index contributed by atoms with van der Waals surface area (Å²) in [7, 11) is 3.98. The highest BCUT2D eigenvalue weighted by Gasteiger charge is 2.03. The van der Waals surface area contributed by atoms with Gasteiger partial charge in [-0.3, -0.25) is 0 Å². The van der Waals surface area contributed by atoms with Crippen molar-refractivity contribution in [3.63, 3.8) is 0 Å². The van der Waals surface area contributed by atoms with Gasteiger partial charge in [-0.25, -0.2) is 0 Å². The Morgan fingerprint density at radius 1 is 1.25 bits per heavy atom. The van der Waals surface area contributed by atoms with Gasteiger partial charge in [0, 0.05) is 6.54 Å². The second-order valence-corrected chi connectivity index (χ2v) is 3.41. The number of likely N-dealkylation sites (N-methyl/N-ethyl adjacent to an activating group) is 1. The molecule has 0 aliphatic heterocycles. The first kappa shape index (κ1) is 14.7. The highest BCUT2D eigenvalue weighted by molar-refractivity contribution is 5.85. The predicted octanol–water partition coefficient (Wildman–Crippen LogP) is 1.91. The van der Waals surface area contributed by atoms with E-state index in [0.717, 1.165) is 19.4 Å². The minimum absolute atomic E-state index is 0. The van der Waals surface area contributed by atoms with E-state index in [0.29, 0.717) is 0 Å². The van der Waals surface area contributed by atoms with Crippen molar-refractivity contribution in [1.29, 1.82) is 0 Å². The van der Waals surface area contributed by atoms with Crippen LogP contribution in [0.3, 0.4) is 0 Å². The van der Waals surface area contributed by atoms with E-state index < -0.39 is 0 Å². The van der Waals surface area contributed by atoms with Gasteiger partial charge in [-0.15, -0.1) is 12.4 Å². The molecule has 1 atom stereocenters. The van der Waals surface area contributed by atoms with Crippen LogP contribution in [0.4, 0.5) is 0 Å². The minimum atomic E-state index is -0.128. The van der Waals surface area contributed by atoms with Crippen molar-refractivity contribution in [2.24, 2.45) is 0 Å². The topological polar surface area (TPSA) is 23.5 Å². The van der Waals surface area contributed by atoms with Crippen molar-refractivity contribution < 1.29 is 5.11 Å². The number of nitrogens with zero attached hydrogens (tertiary/aromatic N) is 1. The number of hydrogen-bond acceptors (Lipinski definition) is 2. The average molecular weight is 196 g/mol. The van der Waals surface area contributed by atoms with Gasteiger partial charge in [-0.05, 0) is 20.5 Å². The monoisotopic (exact) mass is 195 g/mol. The zero-order valence-corrected chi connectivity index (χ0v) is 9.23. The minimum Gasteiger partial charge on any atom is -0.392 e. The molecule has 0 aliphatic rings. The summed E-state index contributed by atoms with van der Waals surface area (Å²) >= 11 is 0. The number of unbranched alkanes of at least 4 members (excludes halogenated alkanes) is 2. The van der Waals surface area contributed by atoms with Crippen LogP contribution in [0.25, 0.3) is 0 Å². The van der Waals surface area contributed by atoms with Gasteiger partial charge >= 0.3 is 0 Å². The summed E-state index contributed by atoms with van der Waals surface area (Å²) in [5, 5.41) is 9.40. The van der Waals surface area contributed by atoms with Gasteiger partial charge < -0.3 is 10.0 Å². The third-order valence-corrected chi connectivity index (χ3v) is 1.72. The molecule has 0 amide bonds. The molecule has 0 radical (unpaired) electrons. The third kappa shape index (κ3) is 10.2. The summed E-state index contributed by atoms with van der Waals surface area (Å²) in [6, 6.07) is 0. The largest absolute Gasteiger partial charge is 0.392 e. The fourth-order valence-electron chi connectivity index (χ4n) is 1.14. The molecule has 0 aromatic rings. The molecular weight excluding hydrogens is 174 g/mol. The van der Waals surface area contributed by atoms with E-state index in [1.165, 1.54) is 12.8 Å². The van der Waals surface area contributed by atoms with Crippen molar-refractivity contribution in [3.05, 3.63) is 0 Å². The molecule has 0 spiro atoms. The lowest BCUT2D eigenvalue weighted by Crippen LogP contribution is -2.25. The van der Waals surface area contributed by atoms with Gasteiger partial charge in [0.25, 0.3) is 0 Å². The van der Waals surface area contributed by atoms with E-state index in [4.69, 9.17) is 0 Å². The van der Waals surface area contributed by atoms with Gasteiger partial charge in [0.1, 0.15) is 0 Å². The van der Waals surface area contributed by atoms with E-state index in [2.05, 4.69) is 6.92 Å². The summed E-state index contributed by atoms with van der Waals surface area (Å²) in [6.45, 7) is 2.97. The molecule has 0 aromatic carbocycles. The maximum absolute atomic E-state index is 9.40. The normalized spacial score (nSPS) is 12.8. The summed E-state index contributed by atoms with van der Waals surface area (Å²) in [6.07, 6.45) is 4.45. The standard InChI is InChI=1S/C9H21NO.ClH/c1-4-5-6-7-9(11)8-10(2)3;/h9,11H,4-8H2,1-3H3;1H. The third-order valence-electron chi connectivity index (χ3n) is 1.72. The first-order chi connectivity index (χ1) is 5.16. The van der Waals surface area contributed by atoms with E-state index in [1.807, 2.05) is 19.0 Å². The Balaban J connectivity index is 0. The molecule has 1 N–H and O–H groups in total. The molecular formula is C9H22ClNO. The highest BCUT2D eigenvalue weighted by Crippen LogP contribution is 2.03. The first-order valence-corrected chi connectivity index (χ1v) is 4.49. The first-order valence-electron chi connectivity index (χ1n) is 4.49. The fraction of sp³-hybridized carbons (Fsp3) is 1.00. The fourth-order valence-corrected chi connectivity index (χ4v) is 1.14. The van der Waals surface area contributed by atoms with Crippen LogP contribution in [-0.2, 0) is 0 Å². The molecule has 1 unspecified atom stereocenters. The van der Waals surface area contributed by atoms with Crippen LogP contribution in [0, 0.1) is 0 Å². The van der Waals surface area contributed by atoms with Crippen LogP contribution < -0.4 is 0 Å². The van der Waals surface area contributed by atoms with Gasteiger partial charge in [-0.1, -0.05) is 26.2 Å². The molecule has 0 heterocycles. The predicted molar refractivity (Wildman–Crippen MR) is 56.0 cm³/mol. The zero-order valence-electron chi connectivity index (χ0n) is 8.42. The van der Waals surface area contributed by atoms with Gasteiger partial charge in [0.2, 0.25) is 0 Å². The Hall–Kier alpha value is 0.210. The van der Waals surface area contributed by atoms with E-state index in [1.54, 1.807) is 0 Å². The number of hydrogen-bond donors (Lipinski definition) is 1. The molecule has 12 heavy (non-hydrogen) atoms. The lowest BCUT2D eigenvalue weighted by atomic mass is 10.1. The van der Waals surface area contributed by atoms with Crippen LogP contribution in [-0.4, -0.2) is 36.8 Å². The second-order valence-electron chi connectivity index (χ2n) is 3.41. The highest BCUT2D eigenvalue weighted by atomic mass is 35.5. The molecule has 0 saturated carbocycles. The Kier molecular flexibility index (Phi) is 11.4. The quantitative estimate of drug-likeness (QED) is 0.655. The van der Waals surface area contributed by atoms with Crippen molar-refractivity contribution >= 4 is 12.4 Å². The molecule has 76 valence electrons. The summed E-state index contributed by atoms with van der Waals surface area (Å²) in [5.74, 6) is 0. The molecule has 3 heteroatoms. The van der Waals surface area contributed by atoms with Crippen molar-refractivity contribution in [2.45, 2.75) is 38.7 Å². The molecule has 0 fully saturated rings. The lowest BCUT2D eigenvalue weighted by molar-refractivity contribution is 0.125. The van der Waals surface area contributed by atoms with E-state index >= 15 is 0 Å². The molecule has 0 rings (SSSR count). The summed E-state index contributed by atoms with van der Waals surface area (Å²) < 4.78 is 0. The van der Waals surface area contributed by atoms with Crippen LogP contribution in [0.5, 0.6) is 0 Å². The SMILES string of the molecule is CCCCCC(O)CN(C)C.Cl. The molecule has 2 nitrogen and oxygen atoms in total. The molecule has 0 aromatic heterocycles. The van der Waals surface area contributed by atoms with Crippen LogP contribution in [0.2, 0.25) is 0 Å². The summed E-state index contributed by atoms with van der Waals surface area (Å²) in [5.41, 5.74) is 0. The van der Waals surface area contributed by atoms with Crippen LogP contribution >= 0.6 is 12.4 Å². The van der Waals surface area contributed by atoms with Gasteiger partial charge in [0.05, 0.1) is 6.10 Å².